The molecule has 3 nitrogen and oxygen atoms in total. The summed E-state index contributed by atoms with van der Waals surface area (Å²) in [5, 5.41) is 2.85. The van der Waals surface area contributed by atoms with Crippen LogP contribution in [-0.2, 0) is 4.79 Å². The van der Waals surface area contributed by atoms with E-state index in [0.29, 0.717) is 18.0 Å². The Hall–Kier alpha value is -0.640. The predicted molar refractivity (Wildman–Crippen MR) is 67.6 cm³/mol. The van der Waals surface area contributed by atoms with Gasteiger partial charge in [-0.2, -0.15) is 0 Å². The van der Waals surface area contributed by atoms with E-state index in [0.717, 1.165) is 0 Å². The van der Waals surface area contributed by atoms with E-state index in [1.165, 1.54) is 0 Å². The lowest BCUT2D eigenvalue weighted by atomic mass is 9.90. The molecule has 0 atom stereocenters. The Morgan fingerprint density at radius 3 is 2.07 bits per heavy atom. The first kappa shape index (κ1) is 14.4. The van der Waals surface area contributed by atoms with Crippen molar-refractivity contribution in [1.29, 1.82) is 0 Å². The summed E-state index contributed by atoms with van der Waals surface area (Å²) < 4.78 is 0. The van der Waals surface area contributed by atoms with Crippen LogP contribution in [-0.4, -0.2) is 17.4 Å². The molecular weight excluding hydrogens is 208 g/mol. The van der Waals surface area contributed by atoms with Gasteiger partial charge in [-0.1, -0.05) is 46.8 Å². The van der Waals surface area contributed by atoms with Crippen molar-refractivity contribution in [1.82, 2.24) is 5.32 Å². The van der Waals surface area contributed by atoms with Gasteiger partial charge in [0.1, 0.15) is 0 Å². The van der Waals surface area contributed by atoms with E-state index in [1.54, 1.807) is 0 Å². The molecule has 0 aliphatic carbocycles. The smallest absolute Gasteiger partial charge is 0.220 e. The van der Waals surface area contributed by atoms with Crippen LogP contribution in [0.5, 0.6) is 0 Å². The molecule has 0 radical (unpaired) electrons. The molecule has 88 valence electrons. The zero-order valence-electron chi connectivity index (χ0n) is 10.3. The van der Waals surface area contributed by atoms with E-state index in [1.807, 2.05) is 34.6 Å². The Bertz CT molecular complexity index is 254. The molecule has 1 amide bonds. The molecule has 0 rings (SSSR count). The summed E-state index contributed by atoms with van der Waals surface area (Å²) in [6.45, 7) is 10.4. The summed E-state index contributed by atoms with van der Waals surface area (Å²) >= 11 is 4.92. The largest absolute Gasteiger partial charge is 0.393 e. The van der Waals surface area contributed by atoms with E-state index < -0.39 is 0 Å². The quantitative estimate of drug-likeness (QED) is 0.725. The minimum atomic E-state index is -0.317. The lowest BCUT2D eigenvalue weighted by Gasteiger charge is -2.24. The minimum absolute atomic E-state index is 0.0114. The van der Waals surface area contributed by atoms with Gasteiger partial charge >= 0.3 is 0 Å². The molecule has 0 saturated heterocycles. The summed E-state index contributed by atoms with van der Waals surface area (Å²) in [5.74, 6) is 0.0480. The number of nitrogens with one attached hydrogen (secondary N) is 1. The molecule has 0 aromatic carbocycles. The lowest BCUT2D eigenvalue weighted by molar-refractivity contribution is -0.123. The fourth-order valence-electron chi connectivity index (χ4n) is 0.951. The Balaban J connectivity index is 4.07. The van der Waals surface area contributed by atoms with Gasteiger partial charge in [0.2, 0.25) is 5.91 Å². The predicted octanol–water partition coefficient (Wildman–Crippen LogP) is 1.85. The second-order valence-electron chi connectivity index (χ2n) is 5.76. The number of thiocarbonyl (C=S) groups is 1. The van der Waals surface area contributed by atoms with E-state index in [2.05, 4.69) is 5.32 Å². The Kier molecular flexibility index (Phi) is 4.71. The molecule has 0 bridgehead atoms. The van der Waals surface area contributed by atoms with Crippen molar-refractivity contribution >= 4 is 23.1 Å². The van der Waals surface area contributed by atoms with Crippen LogP contribution in [0.2, 0.25) is 0 Å². The van der Waals surface area contributed by atoms with Crippen LogP contribution in [0.4, 0.5) is 0 Å². The van der Waals surface area contributed by atoms with Gasteiger partial charge in [0, 0.05) is 18.4 Å². The number of rotatable bonds is 4. The molecule has 4 heteroatoms. The Morgan fingerprint density at radius 2 is 1.73 bits per heavy atom. The summed E-state index contributed by atoms with van der Waals surface area (Å²) in [5.41, 5.74) is 5.26. The molecule has 0 aromatic heterocycles. The fourth-order valence-corrected chi connectivity index (χ4v) is 1.02. The fraction of sp³-hybridized carbons (Fsp3) is 0.818. The standard InChI is InChI=1S/C11H22N2OS/c1-10(2,3)6-8(14)13-7-11(4,5)9(12)15/h6-7H2,1-5H3,(H2,12,15)(H,13,14). The highest BCUT2D eigenvalue weighted by molar-refractivity contribution is 7.80. The van der Waals surface area contributed by atoms with Crippen LogP contribution in [0.1, 0.15) is 41.0 Å². The van der Waals surface area contributed by atoms with Crippen LogP contribution in [0, 0.1) is 10.8 Å². The third-order valence-corrected chi connectivity index (χ3v) is 2.64. The number of carbonyl (C=O) groups is 1. The van der Waals surface area contributed by atoms with Gasteiger partial charge in [0.15, 0.2) is 0 Å². The second kappa shape index (κ2) is 4.92. The molecule has 0 unspecified atom stereocenters. The summed E-state index contributed by atoms with van der Waals surface area (Å²) in [6.07, 6.45) is 0.514. The van der Waals surface area contributed by atoms with Crippen LogP contribution in [0.15, 0.2) is 0 Å². The van der Waals surface area contributed by atoms with Gasteiger partial charge in [0.05, 0.1) is 4.99 Å². The number of amides is 1. The third kappa shape index (κ3) is 6.44. The Labute approximate surface area is 97.8 Å². The maximum absolute atomic E-state index is 11.5. The molecule has 0 aliphatic rings. The van der Waals surface area contributed by atoms with Crippen LogP contribution >= 0.6 is 12.2 Å². The van der Waals surface area contributed by atoms with E-state index in [9.17, 15) is 4.79 Å². The highest BCUT2D eigenvalue weighted by Crippen LogP contribution is 2.19. The second-order valence-corrected chi connectivity index (χ2v) is 6.20. The van der Waals surface area contributed by atoms with Crippen molar-refractivity contribution in [2.45, 2.75) is 41.0 Å². The lowest BCUT2D eigenvalue weighted by Crippen LogP contribution is -2.42. The van der Waals surface area contributed by atoms with Crippen molar-refractivity contribution in [3.8, 4) is 0 Å². The summed E-state index contributed by atoms with van der Waals surface area (Å²) in [4.78, 5) is 12.0. The molecule has 0 fully saturated rings. The average Bonchev–Trinajstić information content (AvgIpc) is 1.97. The van der Waals surface area contributed by atoms with Gasteiger partial charge in [-0.3, -0.25) is 4.79 Å². The maximum Gasteiger partial charge on any atom is 0.220 e. The molecule has 0 aliphatic heterocycles. The normalized spacial score (nSPS) is 12.3. The number of hydrogen-bond acceptors (Lipinski definition) is 2. The molecule has 0 aromatic rings. The zero-order valence-corrected chi connectivity index (χ0v) is 11.1. The van der Waals surface area contributed by atoms with Gasteiger partial charge < -0.3 is 11.1 Å². The van der Waals surface area contributed by atoms with Gasteiger partial charge in [-0.15, -0.1) is 0 Å². The number of carbonyl (C=O) groups excluding carboxylic acids is 1. The zero-order chi connectivity index (χ0) is 12.3. The summed E-state index contributed by atoms with van der Waals surface area (Å²) in [7, 11) is 0. The van der Waals surface area contributed by atoms with Crippen molar-refractivity contribution < 1.29 is 4.79 Å². The first-order valence-corrected chi connectivity index (χ1v) is 5.52. The number of nitrogens with two attached hydrogens (primary N) is 1. The van der Waals surface area contributed by atoms with Crippen molar-refractivity contribution in [2.24, 2.45) is 16.6 Å². The topological polar surface area (TPSA) is 55.1 Å². The monoisotopic (exact) mass is 230 g/mol. The molecule has 0 spiro atoms. The van der Waals surface area contributed by atoms with Gasteiger partial charge in [0.25, 0.3) is 0 Å². The number of hydrogen-bond donors (Lipinski definition) is 2. The molecule has 15 heavy (non-hydrogen) atoms. The summed E-state index contributed by atoms with van der Waals surface area (Å²) in [6, 6.07) is 0. The Morgan fingerprint density at radius 1 is 1.27 bits per heavy atom. The minimum Gasteiger partial charge on any atom is -0.393 e. The van der Waals surface area contributed by atoms with Crippen LogP contribution in [0.25, 0.3) is 0 Å². The van der Waals surface area contributed by atoms with Crippen LogP contribution in [0.3, 0.4) is 0 Å². The highest BCUT2D eigenvalue weighted by Gasteiger charge is 2.23. The molecule has 3 N–H and O–H groups in total. The van der Waals surface area contributed by atoms with E-state index >= 15 is 0 Å². The van der Waals surface area contributed by atoms with E-state index in [-0.39, 0.29) is 16.7 Å². The van der Waals surface area contributed by atoms with E-state index in [4.69, 9.17) is 18.0 Å². The SMILES string of the molecule is CC(C)(C)CC(=O)NCC(C)(C)C(N)=S. The average molecular weight is 230 g/mol. The van der Waals surface area contributed by atoms with Crippen LogP contribution < -0.4 is 11.1 Å². The van der Waals surface area contributed by atoms with Gasteiger partial charge in [-0.25, -0.2) is 0 Å². The first-order chi connectivity index (χ1) is 6.54. The third-order valence-electron chi connectivity index (χ3n) is 2.09. The molecule has 0 saturated carbocycles. The van der Waals surface area contributed by atoms with Gasteiger partial charge in [-0.05, 0) is 5.41 Å². The molecular formula is C11H22N2OS. The molecule has 0 heterocycles. The maximum atomic E-state index is 11.5. The van der Waals surface area contributed by atoms with Crippen molar-refractivity contribution in [2.75, 3.05) is 6.54 Å². The first-order valence-electron chi connectivity index (χ1n) is 5.11. The van der Waals surface area contributed by atoms with Crippen molar-refractivity contribution in [3.63, 3.8) is 0 Å². The van der Waals surface area contributed by atoms with Crippen molar-refractivity contribution in [3.05, 3.63) is 0 Å². The highest BCUT2D eigenvalue weighted by atomic mass is 32.1.